The van der Waals surface area contributed by atoms with Crippen LogP contribution in [0.5, 0.6) is 0 Å². The number of nitrogens with one attached hydrogen (secondary N) is 1. The van der Waals surface area contributed by atoms with E-state index < -0.39 is 0 Å². The summed E-state index contributed by atoms with van der Waals surface area (Å²) in [7, 11) is 4.01. The Balaban J connectivity index is 4.54. The molecular formula is C13H27N3OS. The lowest BCUT2D eigenvalue weighted by atomic mass is 10.0. The first kappa shape index (κ1) is 17.3. The minimum absolute atomic E-state index is 0.0440. The number of carbonyl (C=O) groups excluding carboxylic acids is 1. The second-order valence-corrected chi connectivity index (χ2v) is 5.93. The van der Waals surface area contributed by atoms with Gasteiger partial charge < -0.3 is 16.0 Å². The van der Waals surface area contributed by atoms with Crippen molar-refractivity contribution in [1.29, 1.82) is 0 Å². The number of rotatable bonds is 8. The maximum Gasteiger partial charge on any atom is 0.230 e. The summed E-state index contributed by atoms with van der Waals surface area (Å²) in [4.78, 5) is 14.5. The fourth-order valence-corrected chi connectivity index (χ4v) is 2.28. The Bertz CT molecular complexity index is 269. The van der Waals surface area contributed by atoms with Crippen molar-refractivity contribution >= 4 is 23.1 Å². The smallest absolute Gasteiger partial charge is 0.230 e. The lowest BCUT2D eigenvalue weighted by Gasteiger charge is -2.25. The van der Waals surface area contributed by atoms with Crippen molar-refractivity contribution in [3.05, 3.63) is 0 Å². The third kappa shape index (κ3) is 6.91. The standard InChI is InChI=1S/C13H27N3OS/c1-6-11(12(14)18)13(17)15-10(7-9(2)3)8-16(4)5/h9-11H,6-8H2,1-5H3,(H2,14,18)(H,15,17). The van der Waals surface area contributed by atoms with Crippen LogP contribution in [0.4, 0.5) is 0 Å². The van der Waals surface area contributed by atoms with Crippen molar-refractivity contribution in [2.75, 3.05) is 20.6 Å². The van der Waals surface area contributed by atoms with Crippen LogP contribution in [0.1, 0.15) is 33.6 Å². The van der Waals surface area contributed by atoms with Crippen LogP contribution in [-0.4, -0.2) is 42.5 Å². The summed E-state index contributed by atoms with van der Waals surface area (Å²) < 4.78 is 0. The average Bonchev–Trinajstić information content (AvgIpc) is 2.14. The zero-order valence-electron chi connectivity index (χ0n) is 12.2. The molecule has 0 saturated carbocycles. The molecule has 0 aliphatic carbocycles. The van der Waals surface area contributed by atoms with Crippen LogP contribution in [0, 0.1) is 11.8 Å². The average molecular weight is 273 g/mol. The molecule has 0 fully saturated rings. The van der Waals surface area contributed by atoms with Gasteiger partial charge in [-0.05, 0) is 32.9 Å². The number of thiocarbonyl (C=S) groups is 1. The normalized spacial score (nSPS) is 14.6. The fourth-order valence-electron chi connectivity index (χ4n) is 2.01. The maximum absolute atomic E-state index is 12.1. The van der Waals surface area contributed by atoms with Crippen LogP contribution < -0.4 is 11.1 Å². The predicted molar refractivity (Wildman–Crippen MR) is 80.5 cm³/mol. The van der Waals surface area contributed by atoms with E-state index in [1.54, 1.807) is 0 Å². The van der Waals surface area contributed by atoms with Crippen molar-refractivity contribution in [2.24, 2.45) is 17.6 Å². The van der Waals surface area contributed by atoms with Crippen LogP contribution in [0.2, 0.25) is 0 Å². The Kier molecular flexibility index (Phi) is 8.11. The van der Waals surface area contributed by atoms with Crippen molar-refractivity contribution in [3.63, 3.8) is 0 Å². The van der Waals surface area contributed by atoms with Gasteiger partial charge in [-0.1, -0.05) is 33.0 Å². The second kappa shape index (κ2) is 8.43. The highest BCUT2D eigenvalue weighted by Gasteiger charge is 2.22. The topological polar surface area (TPSA) is 58.4 Å². The maximum atomic E-state index is 12.1. The zero-order chi connectivity index (χ0) is 14.3. The molecule has 0 saturated heterocycles. The molecule has 5 heteroatoms. The van der Waals surface area contributed by atoms with Crippen molar-refractivity contribution in [1.82, 2.24) is 10.2 Å². The number of nitrogens with zero attached hydrogens (tertiary/aromatic N) is 1. The van der Waals surface area contributed by atoms with Crippen LogP contribution >= 0.6 is 12.2 Å². The Morgan fingerprint density at radius 3 is 2.28 bits per heavy atom. The van der Waals surface area contributed by atoms with Crippen molar-refractivity contribution < 1.29 is 4.79 Å². The Morgan fingerprint density at radius 2 is 1.94 bits per heavy atom. The SMILES string of the molecule is CCC(C(=O)NC(CC(C)C)CN(C)C)C(N)=S. The van der Waals surface area contributed by atoms with E-state index in [0.29, 0.717) is 12.3 Å². The molecule has 2 unspecified atom stereocenters. The van der Waals surface area contributed by atoms with E-state index in [0.717, 1.165) is 13.0 Å². The number of amides is 1. The van der Waals surface area contributed by atoms with E-state index in [-0.39, 0.29) is 22.9 Å². The van der Waals surface area contributed by atoms with E-state index in [1.165, 1.54) is 0 Å². The molecule has 3 N–H and O–H groups in total. The second-order valence-electron chi connectivity index (χ2n) is 5.46. The number of nitrogens with two attached hydrogens (primary N) is 1. The molecule has 0 aromatic carbocycles. The molecule has 0 aromatic heterocycles. The third-order valence-corrected chi connectivity index (χ3v) is 3.04. The molecule has 0 rings (SSSR count). The lowest BCUT2D eigenvalue weighted by molar-refractivity contribution is -0.124. The van der Waals surface area contributed by atoms with E-state index in [4.69, 9.17) is 18.0 Å². The van der Waals surface area contributed by atoms with Gasteiger partial charge in [0.2, 0.25) is 5.91 Å². The zero-order valence-corrected chi connectivity index (χ0v) is 13.0. The Hall–Kier alpha value is -0.680. The van der Waals surface area contributed by atoms with Gasteiger partial charge in [0.25, 0.3) is 0 Å². The summed E-state index contributed by atoms with van der Waals surface area (Å²) in [6, 6.07) is 0.149. The predicted octanol–water partition coefficient (Wildman–Crippen LogP) is 1.39. The molecule has 0 aromatic rings. The Labute approximate surface area is 116 Å². The van der Waals surface area contributed by atoms with Gasteiger partial charge in [0.15, 0.2) is 0 Å². The molecule has 0 heterocycles. The van der Waals surface area contributed by atoms with Gasteiger partial charge in [-0.2, -0.15) is 0 Å². The van der Waals surface area contributed by atoms with Gasteiger partial charge in [0.1, 0.15) is 0 Å². The first-order valence-electron chi connectivity index (χ1n) is 6.52. The molecule has 4 nitrogen and oxygen atoms in total. The highest BCUT2D eigenvalue weighted by molar-refractivity contribution is 7.80. The summed E-state index contributed by atoms with van der Waals surface area (Å²) in [6.07, 6.45) is 1.61. The van der Waals surface area contributed by atoms with E-state index in [2.05, 4.69) is 24.1 Å². The summed E-state index contributed by atoms with van der Waals surface area (Å²) in [6.45, 7) is 7.06. The first-order valence-corrected chi connectivity index (χ1v) is 6.93. The molecular weight excluding hydrogens is 246 g/mol. The quantitative estimate of drug-likeness (QED) is 0.656. The van der Waals surface area contributed by atoms with Crippen LogP contribution in [0.3, 0.4) is 0 Å². The van der Waals surface area contributed by atoms with E-state index in [1.807, 2.05) is 21.0 Å². The van der Waals surface area contributed by atoms with Crippen molar-refractivity contribution in [2.45, 2.75) is 39.7 Å². The number of hydrogen-bond donors (Lipinski definition) is 2. The summed E-state index contributed by atoms with van der Waals surface area (Å²) in [5, 5.41) is 3.06. The van der Waals surface area contributed by atoms with Gasteiger partial charge in [0, 0.05) is 12.6 Å². The molecule has 0 bridgehead atoms. The largest absolute Gasteiger partial charge is 0.393 e. The fraction of sp³-hybridized carbons (Fsp3) is 0.846. The number of likely N-dealkylation sites (N-methyl/N-ethyl adjacent to an activating group) is 1. The highest BCUT2D eigenvalue weighted by atomic mass is 32.1. The minimum atomic E-state index is -0.350. The van der Waals surface area contributed by atoms with E-state index in [9.17, 15) is 4.79 Å². The van der Waals surface area contributed by atoms with Gasteiger partial charge in [0.05, 0.1) is 10.9 Å². The number of hydrogen-bond acceptors (Lipinski definition) is 3. The van der Waals surface area contributed by atoms with Gasteiger partial charge in [-0.3, -0.25) is 4.79 Å². The summed E-state index contributed by atoms with van der Waals surface area (Å²) >= 11 is 4.93. The molecule has 0 aliphatic heterocycles. The summed E-state index contributed by atoms with van der Waals surface area (Å²) in [5.41, 5.74) is 5.59. The van der Waals surface area contributed by atoms with Crippen LogP contribution in [0.15, 0.2) is 0 Å². The van der Waals surface area contributed by atoms with Crippen LogP contribution in [-0.2, 0) is 4.79 Å². The van der Waals surface area contributed by atoms with Crippen LogP contribution in [0.25, 0.3) is 0 Å². The molecule has 106 valence electrons. The van der Waals surface area contributed by atoms with Gasteiger partial charge in [-0.15, -0.1) is 0 Å². The van der Waals surface area contributed by atoms with E-state index >= 15 is 0 Å². The third-order valence-electron chi connectivity index (χ3n) is 2.76. The molecule has 0 spiro atoms. The molecule has 18 heavy (non-hydrogen) atoms. The number of carbonyl (C=O) groups is 1. The molecule has 0 radical (unpaired) electrons. The highest BCUT2D eigenvalue weighted by Crippen LogP contribution is 2.09. The lowest BCUT2D eigenvalue weighted by Crippen LogP contribution is -2.47. The molecule has 1 amide bonds. The van der Waals surface area contributed by atoms with Crippen molar-refractivity contribution in [3.8, 4) is 0 Å². The Morgan fingerprint density at radius 1 is 1.39 bits per heavy atom. The van der Waals surface area contributed by atoms with Gasteiger partial charge >= 0.3 is 0 Å². The molecule has 2 atom stereocenters. The molecule has 0 aliphatic rings. The van der Waals surface area contributed by atoms with Gasteiger partial charge in [-0.25, -0.2) is 0 Å². The summed E-state index contributed by atoms with van der Waals surface area (Å²) in [5.74, 6) is 0.148. The first-order chi connectivity index (χ1) is 8.27. The monoisotopic (exact) mass is 273 g/mol. The minimum Gasteiger partial charge on any atom is -0.393 e.